The summed E-state index contributed by atoms with van der Waals surface area (Å²) in [7, 11) is 0. The van der Waals surface area contributed by atoms with E-state index in [0.717, 1.165) is 49.9 Å². The van der Waals surface area contributed by atoms with Crippen molar-refractivity contribution >= 4 is 5.82 Å². The molecule has 4 heteroatoms. The smallest absolute Gasteiger partial charge is 0.132 e. The van der Waals surface area contributed by atoms with Gasteiger partial charge in [0.2, 0.25) is 0 Å². The molecule has 19 heavy (non-hydrogen) atoms. The third-order valence-electron chi connectivity index (χ3n) is 4.06. The van der Waals surface area contributed by atoms with E-state index in [1.165, 1.54) is 6.42 Å². The average Bonchev–Trinajstić information content (AvgIpc) is 2.89. The van der Waals surface area contributed by atoms with Gasteiger partial charge in [-0.25, -0.2) is 9.97 Å². The van der Waals surface area contributed by atoms with Gasteiger partial charge in [-0.05, 0) is 32.9 Å². The predicted octanol–water partition coefficient (Wildman–Crippen LogP) is 2.27. The van der Waals surface area contributed by atoms with Gasteiger partial charge < -0.3 is 4.90 Å². The average molecular weight is 262 g/mol. The summed E-state index contributed by atoms with van der Waals surface area (Å²) in [6.07, 6.45) is 2.22. The van der Waals surface area contributed by atoms with E-state index in [2.05, 4.69) is 46.6 Å². The Morgan fingerprint density at radius 1 is 1.26 bits per heavy atom. The van der Waals surface area contributed by atoms with E-state index < -0.39 is 0 Å². The van der Waals surface area contributed by atoms with Crippen LogP contribution >= 0.6 is 0 Å². The Bertz CT molecular complexity index is 415. The Hall–Kier alpha value is -1.16. The van der Waals surface area contributed by atoms with Gasteiger partial charge in [-0.15, -0.1) is 0 Å². The van der Waals surface area contributed by atoms with Gasteiger partial charge in [0, 0.05) is 30.9 Å². The molecule has 2 rings (SSSR count). The number of rotatable bonds is 5. The van der Waals surface area contributed by atoms with Gasteiger partial charge >= 0.3 is 0 Å². The van der Waals surface area contributed by atoms with Crippen molar-refractivity contribution in [2.24, 2.45) is 0 Å². The van der Waals surface area contributed by atoms with Crippen molar-refractivity contribution in [1.29, 1.82) is 0 Å². The lowest BCUT2D eigenvalue weighted by Gasteiger charge is -2.26. The fraction of sp³-hybridized carbons (Fsp3) is 0.733. The Kier molecular flexibility index (Phi) is 4.75. The molecular formula is C15H26N4. The van der Waals surface area contributed by atoms with Crippen molar-refractivity contribution in [3.63, 3.8) is 0 Å². The van der Waals surface area contributed by atoms with E-state index in [9.17, 15) is 0 Å². The summed E-state index contributed by atoms with van der Waals surface area (Å²) >= 11 is 0. The van der Waals surface area contributed by atoms with Crippen LogP contribution in [0.4, 0.5) is 5.82 Å². The zero-order valence-electron chi connectivity index (χ0n) is 12.7. The molecule has 1 aromatic rings. The molecule has 0 bridgehead atoms. The van der Waals surface area contributed by atoms with Crippen LogP contribution in [0, 0.1) is 6.92 Å². The Morgan fingerprint density at radius 2 is 2.00 bits per heavy atom. The first-order chi connectivity index (χ1) is 9.17. The maximum atomic E-state index is 4.61. The molecule has 0 N–H and O–H groups in total. The standard InChI is InChI=1S/C15H26N4/c1-5-13-10-15(17-12(4)16-13)19-9-8-14(11-19)18(6-2)7-3/h10,14H,5-9,11H2,1-4H3. The molecule has 1 aliphatic heterocycles. The third kappa shape index (κ3) is 3.24. The summed E-state index contributed by atoms with van der Waals surface area (Å²) in [6, 6.07) is 2.83. The molecule has 0 amide bonds. The second-order valence-corrected chi connectivity index (χ2v) is 5.23. The summed E-state index contributed by atoms with van der Waals surface area (Å²) in [4.78, 5) is 14.0. The summed E-state index contributed by atoms with van der Waals surface area (Å²) in [5, 5.41) is 0. The molecule has 1 unspecified atom stereocenters. The van der Waals surface area contributed by atoms with E-state index in [-0.39, 0.29) is 0 Å². The maximum absolute atomic E-state index is 4.61. The van der Waals surface area contributed by atoms with Crippen LogP contribution in [0.15, 0.2) is 6.07 Å². The number of hydrogen-bond acceptors (Lipinski definition) is 4. The molecule has 0 saturated carbocycles. The molecule has 1 fully saturated rings. The fourth-order valence-corrected chi connectivity index (χ4v) is 2.94. The van der Waals surface area contributed by atoms with Crippen LogP contribution in [0.5, 0.6) is 0 Å². The highest BCUT2D eigenvalue weighted by Gasteiger charge is 2.27. The highest BCUT2D eigenvalue weighted by Crippen LogP contribution is 2.22. The zero-order chi connectivity index (χ0) is 13.8. The molecule has 0 spiro atoms. The Balaban J connectivity index is 2.10. The molecule has 1 aromatic heterocycles. The van der Waals surface area contributed by atoms with Gasteiger partial charge in [-0.3, -0.25) is 4.90 Å². The third-order valence-corrected chi connectivity index (χ3v) is 4.06. The van der Waals surface area contributed by atoms with Gasteiger partial charge in [-0.2, -0.15) is 0 Å². The lowest BCUT2D eigenvalue weighted by atomic mass is 10.2. The van der Waals surface area contributed by atoms with E-state index in [1.807, 2.05) is 6.92 Å². The predicted molar refractivity (Wildman–Crippen MR) is 79.7 cm³/mol. The van der Waals surface area contributed by atoms with Crippen LogP contribution < -0.4 is 4.90 Å². The van der Waals surface area contributed by atoms with Crippen molar-refractivity contribution in [1.82, 2.24) is 14.9 Å². The van der Waals surface area contributed by atoms with E-state index in [1.54, 1.807) is 0 Å². The monoisotopic (exact) mass is 262 g/mol. The molecule has 0 aromatic carbocycles. The van der Waals surface area contributed by atoms with E-state index in [0.29, 0.717) is 6.04 Å². The summed E-state index contributed by atoms with van der Waals surface area (Å²) < 4.78 is 0. The largest absolute Gasteiger partial charge is 0.355 e. The lowest BCUT2D eigenvalue weighted by molar-refractivity contribution is 0.232. The van der Waals surface area contributed by atoms with Crippen LogP contribution in [0.3, 0.4) is 0 Å². The normalized spacial score (nSPS) is 19.4. The topological polar surface area (TPSA) is 32.3 Å². The van der Waals surface area contributed by atoms with Crippen LogP contribution in [0.2, 0.25) is 0 Å². The van der Waals surface area contributed by atoms with E-state index >= 15 is 0 Å². The quantitative estimate of drug-likeness (QED) is 0.815. The maximum Gasteiger partial charge on any atom is 0.132 e. The highest BCUT2D eigenvalue weighted by atomic mass is 15.3. The van der Waals surface area contributed by atoms with Crippen LogP contribution in [-0.4, -0.2) is 47.1 Å². The number of aromatic nitrogens is 2. The number of likely N-dealkylation sites (N-methyl/N-ethyl adjacent to an activating group) is 1. The first-order valence-corrected chi connectivity index (χ1v) is 7.51. The summed E-state index contributed by atoms with van der Waals surface area (Å²) in [5.41, 5.74) is 1.15. The highest BCUT2D eigenvalue weighted by molar-refractivity contribution is 5.41. The van der Waals surface area contributed by atoms with Crippen LogP contribution in [-0.2, 0) is 6.42 Å². The number of nitrogens with zero attached hydrogens (tertiary/aromatic N) is 4. The van der Waals surface area contributed by atoms with Crippen molar-refractivity contribution in [3.8, 4) is 0 Å². The Morgan fingerprint density at radius 3 is 2.63 bits per heavy atom. The summed E-state index contributed by atoms with van der Waals surface area (Å²) in [6.45, 7) is 13.1. The second kappa shape index (κ2) is 6.33. The van der Waals surface area contributed by atoms with Gasteiger partial charge in [0.05, 0.1) is 0 Å². The van der Waals surface area contributed by atoms with Crippen LogP contribution in [0.25, 0.3) is 0 Å². The van der Waals surface area contributed by atoms with Crippen molar-refractivity contribution < 1.29 is 0 Å². The van der Waals surface area contributed by atoms with Gasteiger partial charge in [-0.1, -0.05) is 20.8 Å². The molecule has 2 heterocycles. The zero-order valence-corrected chi connectivity index (χ0v) is 12.7. The minimum atomic E-state index is 0.676. The van der Waals surface area contributed by atoms with Crippen molar-refractivity contribution in [2.75, 3.05) is 31.1 Å². The Labute approximate surface area is 116 Å². The molecule has 0 aliphatic carbocycles. The number of anilines is 1. The van der Waals surface area contributed by atoms with Gasteiger partial charge in [0.25, 0.3) is 0 Å². The van der Waals surface area contributed by atoms with E-state index in [4.69, 9.17) is 0 Å². The number of aryl methyl sites for hydroxylation is 2. The minimum Gasteiger partial charge on any atom is -0.355 e. The molecule has 106 valence electrons. The molecular weight excluding hydrogens is 236 g/mol. The molecule has 1 aliphatic rings. The first-order valence-electron chi connectivity index (χ1n) is 7.51. The molecule has 0 radical (unpaired) electrons. The molecule has 1 atom stereocenters. The van der Waals surface area contributed by atoms with Crippen molar-refractivity contribution in [2.45, 2.75) is 46.6 Å². The van der Waals surface area contributed by atoms with Crippen molar-refractivity contribution in [3.05, 3.63) is 17.6 Å². The first kappa shape index (κ1) is 14.3. The summed E-state index contributed by atoms with van der Waals surface area (Å²) in [5.74, 6) is 2.00. The van der Waals surface area contributed by atoms with Crippen LogP contribution in [0.1, 0.15) is 38.7 Å². The minimum absolute atomic E-state index is 0.676. The molecule has 4 nitrogen and oxygen atoms in total. The van der Waals surface area contributed by atoms with Gasteiger partial charge in [0.15, 0.2) is 0 Å². The number of hydrogen-bond donors (Lipinski definition) is 0. The fourth-order valence-electron chi connectivity index (χ4n) is 2.94. The van der Waals surface area contributed by atoms with Gasteiger partial charge in [0.1, 0.15) is 11.6 Å². The lowest BCUT2D eigenvalue weighted by Crippen LogP contribution is -2.37. The molecule has 1 saturated heterocycles. The SMILES string of the molecule is CCc1cc(N2CCC(N(CC)CC)C2)nc(C)n1. The second-order valence-electron chi connectivity index (χ2n) is 5.23.